The van der Waals surface area contributed by atoms with Gasteiger partial charge in [-0.1, -0.05) is 0 Å². The summed E-state index contributed by atoms with van der Waals surface area (Å²) in [6.07, 6.45) is 2.41. The molecule has 1 saturated heterocycles. The molecule has 5 nitrogen and oxygen atoms in total. The molecule has 1 aliphatic rings. The Bertz CT molecular complexity index is 219. The molecule has 5 heteroatoms. The van der Waals surface area contributed by atoms with Gasteiger partial charge >= 0.3 is 5.97 Å². The summed E-state index contributed by atoms with van der Waals surface area (Å²) < 4.78 is 0. The van der Waals surface area contributed by atoms with Crippen LogP contribution in [0.15, 0.2) is 0 Å². The first-order valence-electron chi connectivity index (χ1n) is 5.30. The predicted molar refractivity (Wildman–Crippen MR) is 55.2 cm³/mol. The second-order valence-corrected chi connectivity index (χ2v) is 4.10. The van der Waals surface area contributed by atoms with Crippen molar-refractivity contribution in [3.05, 3.63) is 0 Å². The lowest BCUT2D eigenvalue weighted by molar-refractivity contribution is -0.137. The summed E-state index contributed by atoms with van der Waals surface area (Å²) in [5.74, 6) is -0.538. The summed E-state index contributed by atoms with van der Waals surface area (Å²) in [4.78, 5) is 23.1. The molecular formula is C10H18N2O3. The van der Waals surface area contributed by atoms with E-state index in [1.807, 2.05) is 0 Å². The van der Waals surface area contributed by atoms with Gasteiger partial charge in [0.25, 0.3) is 0 Å². The number of carbonyl (C=O) groups is 2. The van der Waals surface area contributed by atoms with Gasteiger partial charge < -0.3 is 15.7 Å². The molecule has 0 aromatic rings. The van der Waals surface area contributed by atoms with Crippen LogP contribution in [0.5, 0.6) is 0 Å². The topological polar surface area (TPSA) is 83.6 Å². The minimum absolute atomic E-state index is 0.244. The van der Waals surface area contributed by atoms with Gasteiger partial charge in [0.05, 0.1) is 0 Å². The molecule has 0 aromatic heterocycles. The van der Waals surface area contributed by atoms with E-state index < -0.39 is 5.97 Å². The third-order valence-electron chi connectivity index (χ3n) is 2.81. The van der Waals surface area contributed by atoms with Crippen LogP contribution in [0.2, 0.25) is 0 Å². The molecule has 0 spiro atoms. The molecule has 86 valence electrons. The first-order valence-corrected chi connectivity index (χ1v) is 5.30. The summed E-state index contributed by atoms with van der Waals surface area (Å²) >= 11 is 0. The molecule has 1 amide bonds. The van der Waals surface area contributed by atoms with Gasteiger partial charge in [0.1, 0.15) is 0 Å². The Morgan fingerprint density at radius 2 is 2.13 bits per heavy atom. The highest BCUT2D eigenvalue weighted by molar-refractivity contribution is 5.73. The van der Waals surface area contributed by atoms with Crippen LogP contribution in [0.4, 0.5) is 0 Å². The predicted octanol–water partition coefficient (Wildman–Crippen LogP) is 0.0485. The van der Waals surface area contributed by atoms with Gasteiger partial charge in [-0.3, -0.25) is 9.59 Å². The van der Waals surface area contributed by atoms with Crippen molar-refractivity contribution in [2.75, 3.05) is 19.6 Å². The van der Waals surface area contributed by atoms with Crippen molar-refractivity contribution in [1.82, 2.24) is 4.90 Å². The number of aliphatic carboxylic acids is 1. The monoisotopic (exact) mass is 214 g/mol. The van der Waals surface area contributed by atoms with E-state index in [2.05, 4.69) is 4.90 Å². The molecule has 0 aliphatic carbocycles. The van der Waals surface area contributed by atoms with Crippen LogP contribution in [0.25, 0.3) is 0 Å². The third kappa shape index (κ3) is 4.78. The fourth-order valence-corrected chi connectivity index (χ4v) is 1.95. The van der Waals surface area contributed by atoms with E-state index in [-0.39, 0.29) is 12.3 Å². The van der Waals surface area contributed by atoms with E-state index in [1.54, 1.807) is 0 Å². The zero-order chi connectivity index (χ0) is 11.3. The number of nitrogens with two attached hydrogens (primary N) is 1. The number of primary amides is 1. The highest BCUT2D eigenvalue weighted by Crippen LogP contribution is 2.20. The van der Waals surface area contributed by atoms with Crippen molar-refractivity contribution in [2.45, 2.75) is 25.7 Å². The highest BCUT2D eigenvalue weighted by atomic mass is 16.4. The molecule has 15 heavy (non-hydrogen) atoms. The number of hydrogen-bond donors (Lipinski definition) is 2. The summed E-state index contributed by atoms with van der Waals surface area (Å²) in [6, 6.07) is 0. The number of rotatable bonds is 6. The quantitative estimate of drug-likeness (QED) is 0.654. The molecule has 0 radical (unpaired) electrons. The second kappa shape index (κ2) is 5.70. The molecule has 1 rings (SSSR count). The lowest BCUT2D eigenvalue weighted by Crippen LogP contribution is -2.26. The maximum atomic E-state index is 10.6. The number of hydrogen-bond acceptors (Lipinski definition) is 3. The number of likely N-dealkylation sites (tertiary alicyclic amines) is 1. The normalized spacial score (nSPS) is 21.7. The van der Waals surface area contributed by atoms with Crippen molar-refractivity contribution < 1.29 is 14.7 Å². The lowest BCUT2D eigenvalue weighted by Gasteiger charge is -2.14. The summed E-state index contributed by atoms with van der Waals surface area (Å²) in [5, 5.41) is 8.54. The number of carbonyl (C=O) groups excluding carboxylic acids is 1. The van der Waals surface area contributed by atoms with E-state index in [4.69, 9.17) is 10.8 Å². The van der Waals surface area contributed by atoms with E-state index in [0.717, 1.165) is 25.9 Å². The van der Waals surface area contributed by atoms with E-state index in [0.29, 0.717) is 18.9 Å². The number of carboxylic acid groups (broad SMARTS) is 1. The van der Waals surface area contributed by atoms with E-state index in [9.17, 15) is 9.59 Å². The minimum atomic E-state index is -0.731. The molecule has 1 heterocycles. The average Bonchev–Trinajstić information content (AvgIpc) is 2.59. The third-order valence-corrected chi connectivity index (χ3v) is 2.81. The fourth-order valence-electron chi connectivity index (χ4n) is 1.95. The summed E-state index contributed by atoms with van der Waals surface area (Å²) in [5.41, 5.74) is 5.06. The van der Waals surface area contributed by atoms with Crippen LogP contribution in [-0.4, -0.2) is 41.5 Å². The van der Waals surface area contributed by atoms with Crippen LogP contribution < -0.4 is 5.73 Å². The maximum Gasteiger partial charge on any atom is 0.303 e. The maximum absolute atomic E-state index is 10.6. The summed E-state index contributed by atoms with van der Waals surface area (Å²) in [7, 11) is 0. The molecule has 1 atom stereocenters. The Morgan fingerprint density at radius 3 is 2.73 bits per heavy atom. The van der Waals surface area contributed by atoms with Gasteiger partial charge in [0.15, 0.2) is 0 Å². The highest BCUT2D eigenvalue weighted by Gasteiger charge is 2.22. The SMILES string of the molecule is NC(=O)CCN1CCC(CCC(=O)O)C1. The molecule has 1 fully saturated rings. The van der Waals surface area contributed by atoms with Gasteiger partial charge in [-0.15, -0.1) is 0 Å². The first-order chi connectivity index (χ1) is 7.08. The van der Waals surface area contributed by atoms with Gasteiger partial charge in [-0.25, -0.2) is 0 Å². The first kappa shape index (κ1) is 12.0. The number of nitrogens with zero attached hydrogens (tertiary/aromatic N) is 1. The summed E-state index contributed by atoms with van der Waals surface area (Å²) in [6.45, 7) is 2.57. The zero-order valence-corrected chi connectivity index (χ0v) is 8.82. The van der Waals surface area contributed by atoms with E-state index >= 15 is 0 Å². The van der Waals surface area contributed by atoms with Crippen molar-refractivity contribution >= 4 is 11.9 Å². The number of amides is 1. The van der Waals surface area contributed by atoms with Crippen LogP contribution in [0.1, 0.15) is 25.7 Å². The molecule has 0 saturated carbocycles. The fraction of sp³-hybridized carbons (Fsp3) is 0.800. The molecular weight excluding hydrogens is 196 g/mol. The molecule has 0 bridgehead atoms. The van der Waals surface area contributed by atoms with Gasteiger partial charge in [-0.05, 0) is 25.3 Å². The average molecular weight is 214 g/mol. The van der Waals surface area contributed by atoms with E-state index in [1.165, 1.54) is 0 Å². The zero-order valence-electron chi connectivity index (χ0n) is 8.82. The Balaban J connectivity index is 2.15. The van der Waals surface area contributed by atoms with Crippen LogP contribution in [-0.2, 0) is 9.59 Å². The molecule has 3 N–H and O–H groups in total. The Hall–Kier alpha value is -1.10. The van der Waals surface area contributed by atoms with Gasteiger partial charge in [0, 0.05) is 25.9 Å². The largest absolute Gasteiger partial charge is 0.481 e. The second-order valence-electron chi connectivity index (χ2n) is 4.10. The van der Waals surface area contributed by atoms with Crippen molar-refractivity contribution in [3.8, 4) is 0 Å². The molecule has 1 unspecified atom stereocenters. The molecule has 1 aliphatic heterocycles. The van der Waals surface area contributed by atoms with Crippen molar-refractivity contribution in [3.63, 3.8) is 0 Å². The Morgan fingerprint density at radius 1 is 1.40 bits per heavy atom. The molecule has 0 aromatic carbocycles. The number of carboxylic acids is 1. The van der Waals surface area contributed by atoms with Crippen LogP contribution in [0, 0.1) is 5.92 Å². The van der Waals surface area contributed by atoms with Crippen molar-refractivity contribution in [1.29, 1.82) is 0 Å². The van der Waals surface area contributed by atoms with Crippen molar-refractivity contribution in [2.24, 2.45) is 11.7 Å². The Labute approximate surface area is 89.2 Å². The standard InChI is InChI=1S/C10H18N2O3/c11-9(13)4-6-12-5-3-8(7-12)1-2-10(14)15/h8H,1-7H2,(H2,11,13)(H,14,15). The van der Waals surface area contributed by atoms with Gasteiger partial charge in [0.2, 0.25) is 5.91 Å². The van der Waals surface area contributed by atoms with Gasteiger partial charge in [-0.2, -0.15) is 0 Å². The van der Waals surface area contributed by atoms with Crippen LogP contribution in [0.3, 0.4) is 0 Å². The van der Waals surface area contributed by atoms with Crippen LogP contribution >= 0.6 is 0 Å². The smallest absolute Gasteiger partial charge is 0.303 e. The lowest BCUT2D eigenvalue weighted by atomic mass is 10.0. The minimum Gasteiger partial charge on any atom is -0.481 e. The Kier molecular flexibility index (Phi) is 4.55.